The monoisotopic (exact) mass is 397 g/mol. The van der Waals surface area contributed by atoms with Crippen LogP contribution in [0.25, 0.3) is 44.1 Å². The molecule has 150 valence electrons. The average molecular weight is 398 g/mol. The molecule has 3 heterocycles. The fourth-order valence-electron chi connectivity index (χ4n) is 4.40. The normalized spacial score (nSPS) is 13.4. The third-order valence-electron chi connectivity index (χ3n) is 5.76. The largest absolute Gasteiger partial charge is 0.437 e. The summed E-state index contributed by atoms with van der Waals surface area (Å²) in [4.78, 5) is 4.65. The minimum absolute atomic E-state index is 0.136. The van der Waals surface area contributed by atoms with E-state index in [1.54, 1.807) is 0 Å². The third kappa shape index (κ3) is 2.88. The fraction of sp³-hybridized carbons (Fsp3) is 0.259. The molecule has 0 saturated carbocycles. The standard InChI is InChI=1S/C27H27N2O/c1-16(2)14-19-12-13-29(5)23(15-19)24-18(4)20-8-6-7-9-21(20)26-25(24)22-11-10-17(3)28-27(22)30-26/h6-13,15-16H,14H2,1-5H3/q+1/i14D2. The second-order valence-electron chi connectivity index (χ2n) is 8.37. The molecule has 3 aromatic heterocycles. The van der Waals surface area contributed by atoms with E-state index < -0.39 is 6.37 Å². The molecule has 3 heteroatoms. The lowest BCUT2D eigenvalue weighted by Crippen LogP contribution is -2.31. The number of rotatable bonds is 3. The fourth-order valence-corrected chi connectivity index (χ4v) is 4.40. The summed E-state index contributed by atoms with van der Waals surface area (Å²) in [6, 6.07) is 16.3. The van der Waals surface area contributed by atoms with Gasteiger partial charge in [-0.1, -0.05) is 38.1 Å². The maximum atomic E-state index is 8.65. The van der Waals surface area contributed by atoms with E-state index in [1.165, 1.54) is 0 Å². The second-order valence-corrected chi connectivity index (χ2v) is 8.37. The van der Waals surface area contributed by atoms with Crippen molar-refractivity contribution in [3.05, 3.63) is 71.5 Å². The van der Waals surface area contributed by atoms with Gasteiger partial charge in [0.1, 0.15) is 12.6 Å². The van der Waals surface area contributed by atoms with Crippen LogP contribution < -0.4 is 4.57 Å². The zero-order valence-corrected chi connectivity index (χ0v) is 18.1. The van der Waals surface area contributed by atoms with Crippen LogP contribution in [0.15, 0.2) is 59.1 Å². The number of hydrogen-bond donors (Lipinski definition) is 0. The maximum absolute atomic E-state index is 8.65. The van der Waals surface area contributed by atoms with E-state index in [0.717, 1.165) is 49.6 Å². The van der Waals surface area contributed by atoms with Gasteiger partial charge < -0.3 is 4.42 Å². The Morgan fingerprint density at radius 1 is 1.03 bits per heavy atom. The number of furan rings is 1. The van der Waals surface area contributed by atoms with Gasteiger partial charge in [0.2, 0.25) is 11.4 Å². The van der Waals surface area contributed by atoms with Crippen molar-refractivity contribution >= 4 is 32.8 Å². The van der Waals surface area contributed by atoms with Crippen molar-refractivity contribution in [2.75, 3.05) is 0 Å². The Hall–Kier alpha value is -3.20. The van der Waals surface area contributed by atoms with Crippen LogP contribution in [0.3, 0.4) is 0 Å². The Morgan fingerprint density at radius 3 is 2.57 bits per heavy atom. The van der Waals surface area contributed by atoms with Crippen molar-refractivity contribution in [2.24, 2.45) is 13.0 Å². The number of fused-ring (bicyclic) bond motifs is 5. The predicted octanol–water partition coefficient (Wildman–Crippen LogP) is 6.44. The molecule has 0 amide bonds. The van der Waals surface area contributed by atoms with Crippen LogP contribution in [0.1, 0.15) is 33.4 Å². The van der Waals surface area contributed by atoms with Crippen molar-refractivity contribution in [2.45, 2.75) is 34.1 Å². The van der Waals surface area contributed by atoms with Crippen molar-refractivity contribution < 1.29 is 11.7 Å². The zero-order chi connectivity index (χ0) is 22.8. The van der Waals surface area contributed by atoms with E-state index >= 15 is 0 Å². The van der Waals surface area contributed by atoms with Crippen LogP contribution >= 0.6 is 0 Å². The summed E-state index contributed by atoms with van der Waals surface area (Å²) < 4.78 is 25.7. The number of nitrogens with zero attached hydrogens (tertiary/aromatic N) is 2. The van der Waals surface area contributed by atoms with Gasteiger partial charge in [-0.15, -0.1) is 0 Å². The molecule has 5 rings (SSSR count). The molecule has 0 aliphatic rings. The molecule has 0 bridgehead atoms. The zero-order valence-electron chi connectivity index (χ0n) is 20.1. The van der Waals surface area contributed by atoms with E-state index in [4.69, 9.17) is 7.16 Å². The van der Waals surface area contributed by atoms with Gasteiger partial charge in [0.05, 0.1) is 5.56 Å². The molecule has 0 unspecified atom stereocenters. The Bertz CT molecular complexity index is 1520. The maximum Gasteiger partial charge on any atom is 0.227 e. The van der Waals surface area contributed by atoms with Crippen molar-refractivity contribution in [3.63, 3.8) is 0 Å². The summed E-state index contributed by atoms with van der Waals surface area (Å²) in [5.74, 6) is -0.136. The van der Waals surface area contributed by atoms with E-state index in [1.807, 2.05) is 64.3 Å². The highest BCUT2D eigenvalue weighted by Crippen LogP contribution is 2.42. The average Bonchev–Trinajstić information content (AvgIpc) is 3.13. The molecule has 3 nitrogen and oxygen atoms in total. The number of hydrogen-bond acceptors (Lipinski definition) is 2. The molecular formula is C27H27N2O+. The van der Waals surface area contributed by atoms with Crippen LogP contribution in [0.2, 0.25) is 0 Å². The molecule has 0 spiro atoms. The SMILES string of the molecule is [2H]C([2H])(c1cc[n+](C)c(-c2c(C)c3ccccc3c3oc4nc(C)ccc4c23)c1)C(C)C. The smallest absolute Gasteiger partial charge is 0.227 e. The summed E-state index contributed by atoms with van der Waals surface area (Å²) in [5.41, 5.74) is 6.23. The summed E-state index contributed by atoms with van der Waals surface area (Å²) in [7, 11) is 2.01. The highest BCUT2D eigenvalue weighted by atomic mass is 16.3. The molecule has 0 saturated heterocycles. The van der Waals surface area contributed by atoms with Crippen molar-refractivity contribution in [1.82, 2.24) is 4.98 Å². The van der Waals surface area contributed by atoms with Crippen LogP contribution in [0.4, 0.5) is 0 Å². The minimum atomic E-state index is -1.43. The summed E-state index contributed by atoms with van der Waals surface area (Å²) >= 11 is 0. The van der Waals surface area contributed by atoms with Crippen LogP contribution in [-0.4, -0.2) is 4.98 Å². The van der Waals surface area contributed by atoms with Gasteiger partial charge in [-0.25, -0.2) is 9.55 Å². The molecular weight excluding hydrogens is 368 g/mol. The number of aryl methyl sites for hydroxylation is 3. The summed E-state index contributed by atoms with van der Waals surface area (Å²) in [5, 5.41) is 4.20. The van der Waals surface area contributed by atoms with Crippen LogP contribution in [0, 0.1) is 19.8 Å². The quantitative estimate of drug-likeness (QED) is 0.328. The van der Waals surface area contributed by atoms with Crippen LogP contribution in [-0.2, 0) is 13.4 Å². The van der Waals surface area contributed by atoms with Gasteiger partial charge in [-0.05, 0) is 54.8 Å². The predicted molar refractivity (Wildman–Crippen MR) is 124 cm³/mol. The lowest BCUT2D eigenvalue weighted by molar-refractivity contribution is -0.660. The van der Waals surface area contributed by atoms with Gasteiger partial charge >= 0.3 is 0 Å². The molecule has 0 fully saturated rings. The van der Waals surface area contributed by atoms with E-state index in [9.17, 15) is 0 Å². The first-order valence-electron chi connectivity index (χ1n) is 11.4. The summed E-state index contributed by atoms with van der Waals surface area (Å²) in [6.07, 6.45) is 0.528. The first-order valence-corrected chi connectivity index (χ1v) is 10.4. The topological polar surface area (TPSA) is 29.9 Å². The Labute approximate surface area is 179 Å². The molecule has 0 N–H and O–H groups in total. The second kappa shape index (κ2) is 6.94. The first-order chi connectivity index (χ1) is 15.2. The van der Waals surface area contributed by atoms with Crippen LogP contribution in [0.5, 0.6) is 0 Å². The molecule has 2 aromatic carbocycles. The van der Waals surface area contributed by atoms with Crippen molar-refractivity contribution in [1.29, 1.82) is 0 Å². The minimum Gasteiger partial charge on any atom is -0.437 e. The Kier molecular flexibility index (Phi) is 3.84. The molecule has 5 aromatic rings. The molecule has 30 heavy (non-hydrogen) atoms. The first kappa shape index (κ1) is 16.6. The van der Waals surface area contributed by atoms with Gasteiger partial charge in [0.15, 0.2) is 6.20 Å². The molecule has 0 aliphatic carbocycles. The molecule has 0 radical (unpaired) electrons. The lowest BCUT2D eigenvalue weighted by atomic mass is 9.91. The Morgan fingerprint density at radius 2 is 1.80 bits per heavy atom. The lowest BCUT2D eigenvalue weighted by Gasteiger charge is -2.12. The van der Waals surface area contributed by atoms with E-state index in [2.05, 4.69) is 34.7 Å². The Balaban J connectivity index is 1.97. The highest BCUT2D eigenvalue weighted by Gasteiger charge is 2.24. The van der Waals surface area contributed by atoms with Gasteiger partial charge in [-0.2, -0.15) is 0 Å². The molecule has 0 aliphatic heterocycles. The summed E-state index contributed by atoms with van der Waals surface area (Å²) in [6.45, 7) is 7.95. The van der Waals surface area contributed by atoms with E-state index in [0.29, 0.717) is 11.3 Å². The number of pyridine rings is 2. The van der Waals surface area contributed by atoms with Gasteiger partial charge in [0, 0.05) is 36.7 Å². The van der Waals surface area contributed by atoms with Gasteiger partial charge in [0.25, 0.3) is 0 Å². The molecule has 0 atom stereocenters. The van der Waals surface area contributed by atoms with Crippen molar-refractivity contribution in [3.8, 4) is 11.3 Å². The van der Waals surface area contributed by atoms with E-state index in [-0.39, 0.29) is 5.92 Å². The third-order valence-corrected chi connectivity index (χ3v) is 5.76. The van der Waals surface area contributed by atoms with Gasteiger partial charge in [-0.3, -0.25) is 0 Å². The number of benzene rings is 2. The number of aromatic nitrogens is 2. The highest BCUT2D eigenvalue weighted by molar-refractivity contribution is 6.21.